The lowest BCUT2D eigenvalue weighted by Crippen LogP contribution is -2.32. The summed E-state index contributed by atoms with van der Waals surface area (Å²) in [6, 6.07) is 12.4. The van der Waals surface area contributed by atoms with Gasteiger partial charge < -0.3 is 20.5 Å². The molecular formula is C20H20N4O6. The summed E-state index contributed by atoms with van der Waals surface area (Å²) in [6.07, 6.45) is 1.33. The molecule has 0 aliphatic rings. The fourth-order valence-corrected chi connectivity index (χ4v) is 2.11. The van der Waals surface area contributed by atoms with E-state index in [0.29, 0.717) is 22.6 Å². The Morgan fingerprint density at radius 1 is 1.00 bits per heavy atom. The summed E-state index contributed by atoms with van der Waals surface area (Å²) in [5.74, 6) is -2.51. The molecule has 0 aliphatic heterocycles. The molecule has 0 aromatic heterocycles. The molecule has 3 amide bonds. The highest BCUT2D eigenvalue weighted by atomic mass is 16.5. The minimum absolute atomic E-state index is 0.232. The van der Waals surface area contributed by atoms with Crippen molar-refractivity contribution in [2.75, 3.05) is 18.5 Å². The fraction of sp³-hybridized carbons (Fsp3) is 0.150. The molecule has 4 N–H and O–H groups in total. The predicted molar refractivity (Wildman–Crippen MR) is 108 cm³/mol. The Morgan fingerprint density at radius 2 is 1.67 bits per heavy atom. The molecule has 2 aromatic rings. The van der Waals surface area contributed by atoms with E-state index < -0.39 is 23.7 Å². The molecule has 30 heavy (non-hydrogen) atoms. The van der Waals surface area contributed by atoms with E-state index in [1.54, 1.807) is 31.2 Å². The summed E-state index contributed by atoms with van der Waals surface area (Å²) in [6.45, 7) is 1.72. The first kappa shape index (κ1) is 22.1. The Kier molecular flexibility index (Phi) is 8.06. The Bertz CT molecular complexity index is 939. The average molecular weight is 412 g/mol. The third kappa shape index (κ3) is 7.08. The molecule has 0 unspecified atom stereocenters. The van der Waals surface area contributed by atoms with Gasteiger partial charge in [0.15, 0.2) is 6.61 Å². The molecule has 0 aliphatic carbocycles. The molecule has 2 aromatic carbocycles. The van der Waals surface area contributed by atoms with Crippen molar-refractivity contribution in [3.05, 3.63) is 59.7 Å². The number of esters is 1. The van der Waals surface area contributed by atoms with E-state index in [1.807, 2.05) is 0 Å². The zero-order chi connectivity index (χ0) is 21.9. The average Bonchev–Trinajstić information content (AvgIpc) is 2.73. The number of ether oxygens (including phenoxy) is 2. The van der Waals surface area contributed by atoms with Crippen molar-refractivity contribution in [3.63, 3.8) is 0 Å². The SMILES string of the molecule is CCOC(=O)c1ccc(NC(=O)C(=O)N/N=C\c2ccc(OCC(N)=O)cc2)cc1. The van der Waals surface area contributed by atoms with Crippen molar-refractivity contribution in [2.24, 2.45) is 10.8 Å². The number of nitrogens with two attached hydrogens (primary N) is 1. The van der Waals surface area contributed by atoms with Gasteiger partial charge in [0.25, 0.3) is 5.91 Å². The summed E-state index contributed by atoms with van der Waals surface area (Å²) >= 11 is 0. The van der Waals surface area contributed by atoms with Gasteiger partial charge >= 0.3 is 17.8 Å². The zero-order valence-electron chi connectivity index (χ0n) is 16.1. The number of hydrazone groups is 1. The topological polar surface area (TPSA) is 149 Å². The summed E-state index contributed by atoms with van der Waals surface area (Å²) in [5.41, 5.74) is 8.38. The van der Waals surface area contributed by atoms with Gasteiger partial charge in [0, 0.05) is 5.69 Å². The molecule has 0 bridgehead atoms. The molecule has 0 saturated heterocycles. The van der Waals surface area contributed by atoms with Crippen LogP contribution in [0.2, 0.25) is 0 Å². The third-order valence-electron chi connectivity index (χ3n) is 3.50. The second-order valence-electron chi connectivity index (χ2n) is 5.78. The molecule has 0 saturated carbocycles. The molecule has 10 heteroatoms. The first-order valence-corrected chi connectivity index (χ1v) is 8.81. The van der Waals surface area contributed by atoms with Crippen molar-refractivity contribution in [1.82, 2.24) is 5.43 Å². The Morgan fingerprint density at radius 3 is 2.27 bits per heavy atom. The van der Waals surface area contributed by atoms with Crippen LogP contribution in [0.15, 0.2) is 53.6 Å². The van der Waals surface area contributed by atoms with E-state index in [1.165, 1.54) is 30.5 Å². The van der Waals surface area contributed by atoms with Crippen LogP contribution < -0.4 is 21.2 Å². The predicted octanol–water partition coefficient (Wildman–Crippen LogP) is 0.816. The highest BCUT2D eigenvalue weighted by Gasteiger charge is 2.13. The summed E-state index contributed by atoms with van der Waals surface area (Å²) in [7, 11) is 0. The van der Waals surface area contributed by atoms with Gasteiger partial charge in [-0.25, -0.2) is 10.2 Å². The first-order valence-electron chi connectivity index (χ1n) is 8.81. The number of nitrogens with zero attached hydrogens (tertiary/aromatic N) is 1. The molecule has 0 heterocycles. The quantitative estimate of drug-likeness (QED) is 0.253. The summed E-state index contributed by atoms with van der Waals surface area (Å²) in [5, 5.41) is 6.09. The molecule has 10 nitrogen and oxygen atoms in total. The highest BCUT2D eigenvalue weighted by Crippen LogP contribution is 2.11. The van der Waals surface area contributed by atoms with Gasteiger partial charge in [-0.15, -0.1) is 0 Å². The number of carbonyl (C=O) groups excluding carboxylic acids is 4. The number of hydrogen-bond donors (Lipinski definition) is 3. The van der Waals surface area contributed by atoms with E-state index >= 15 is 0 Å². The van der Waals surface area contributed by atoms with E-state index in [0.717, 1.165) is 0 Å². The van der Waals surface area contributed by atoms with Crippen LogP contribution in [-0.4, -0.2) is 43.1 Å². The van der Waals surface area contributed by atoms with Gasteiger partial charge in [0.05, 0.1) is 18.4 Å². The normalized spacial score (nSPS) is 10.3. The molecule has 0 spiro atoms. The number of hydrogen-bond acceptors (Lipinski definition) is 7. The second kappa shape index (κ2) is 11.0. The van der Waals surface area contributed by atoms with Crippen LogP contribution in [0.1, 0.15) is 22.8 Å². The van der Waals surface area contributed by atoms with Crippen LogP contribution in [0.4, 0.5) is 5.69 Å². The molecule has 0 radical (unpaired) electrons. The highest BCUT2D eigenvalue weighted by molar-refractivity contribution is 6.39. The molecule has 0 fully saturated rings. The van der Waals surface area contributed by atoms with Crippen LogP contribution in [0.5, 0.6) is 5.75 Å². The van der Waals surface area contributed by atoms with Crippen LogP contribution in [-0.2, 0) is 19.1 Å². The number of nitrogens with one attached hydrogen (secondary N) is 2. The molecule has 2 rings (SSSR count). The van der Waals surface area contributed by atoms with Crippen molar-refractivity contribution in [3.8, 4) is 5.75 Å². The lowest BCUT2D eigenvalue weighted by atomic mass is 10.2. The molecule has 0 atom stereocenters. The molecule has 156 valence electrons. The second-order valence-corrected chi connectivity index (χ2v) is 5.78. The fourth-order valence-electron chi connectivity index (χ4n) is 2.11. The maximum atomic E-state index is 11.9. The third-order valence-corrected chi connectivity index (χ3v) is 3.50. The Hall–Kier alpha value is -4.21. The number of anilines is 1. The van der Waals surface area contributed by atoms with Crippen molar-refractivity contribution >= 4 is 35.6 Å². The number of carbonyl (C=O) groups is 4. The van der Waals surface area contributed by atoms with Crippen molar-refractivity contribution in [2.45, 2.75) is 6.92 Å². The van der Waals surface area contributed by atoms with Gasteiger partial charge in [-0.05, 0) is 61.0 Å². The van der Waals surface area contributed by atoms with Crippen LogP contribution >= 0.6 is 0 Å². The standard InChI is InChI=1S/C20H20N4O6/c1-2-29-20(28)14-5-7-15(8-6-14)23-18(26)19(27)24-22-11-13-3-9-16(10-4-13)30-12-17(21)25/h3-11H,2,12H2,1H3,(H2,21,25)(H,23,26)(H,24,27)/b22-11-. The summed E-state index contributed by atoms with van der Waals surface area (Å²) < 4.78 is 9.98. The number of amides is 3. The minimum atomic E-state index is -0.970. The van der Waals surface area contributed by atoms with Gasteiger partial charge in [-0.2, -0.15) is 5.10 Å². The van der Waals surface area contributed by atoms with Gasteiger partial charge in [-0.1, -0.05) is 0 Å². The van der Waals surface area contributed by atoms with E-state index in [-0.39, 0.29) is 13.2 Å². The Labute approximate surface area is 172 Å². The lowest BCUT2D eigenvalue weighted by molar-refractivity contribution is -0.136. The number of benzene rings is 2. The van der Waals surface area contributed by atoms with Crippen molar-refractivity contribution < 1.29 is 28.7 Å². The monoisotopic (exact) mass is 412 g/mol. The smallest absolute Gasteiger partial charge is 0.338 e. The van der Waals surface area contributed by atoms with Crippen LogP contribution in [0, 0.1) is 0 Å². The maximum Gasteiger partial charge on any atom is 0.338 e. The minimum Gasteiger partial charge on any atom is -0.484 e. The maximum absolute atomic E-state index is 11.9. The number of rotatable bonds is 8. The first-order chi connectivity index (χ1) is 14.4. The van der Waals surface area contributed by atoms with Crippen LogP contribution in [0.3, 0.4) is 0 Å². The van der Waals surface area contributed by atoms with Gasteiger partial charge in [0.1, 0.15) is 5.75 Å². The van der Waals surface area contributed by atoms with Gasteiger partial charge in [-0.3, -0.25) is 14.4 Å². The van der Waals surface area contributed by atoms with Crippen LogP contribution in [0.25, 0.3) is 0 Å². The Balaban J connectivity index is 1.83. The lowest BCUT2D eigenvalue weighted by Gasteiger charge is -2.05. The van der Waals surface area contributed by atoms with E-state index in [2.05, 4.69) is 15.8 Å². The van der Waals surface area contributed by atoms with E-state index in [4.69, 9.17) is 15.2 Å². The zero-order valence-corrected chi connectivity index (χ0v) is 16.1. The van der Waals surface area contributed by atoms with E-state index in [9.17, 15) is 19.2 Å². The summed E-state index contributed by atoms with van der Waals surface area (Å²) in [4.78, 5) is 46.0. The molecular weight excluding hydrogens is 392 g/mol. The van der Waals surface area contributed by atoms with Crippen molar-refractivity contribution in [1.29, 1.82) is 0 Å². The van der Waals surface area contributed by atoms with Gasteiger partial charge in [0.2, 0.25) is 0 Å². The number of primary amides is 1. The largest absolute Gasteiger partial charge is 0.484 e.